The fourth-order valence-corrected chi connectivity index (χ4v) is 3.68. The molecule has 0 saturated heterocycles. The van der Waals surface area contributed by atoms with Crippen molar-refractivity contribution in [1.82, 2.24) is 4.90 Å². The number of rotatable bonds is 2. The molecule has 0 aliphatic heterocycles. The van der Waals surface area contributed by atoms with E-state index in [0.29, 0.717) is 17.4 Å². The Labute approximate surface area is 117 Å². The van der Waals surface area contributed by atoms with Crippen LogP contribution in [-0.4, -0.2) is 29.9 Å². The van der Waals surface area contributed by atoms with Crippen LogP contribution in [0, 0.1) is 11.3 Å². The van der Waals surface area contributed by atoms with E-state index in [-0.39, 0.29) is 12.0 Å². The molecule has 2 rings (SSSR count). The third-order valence-corrected chi connectivity index (χ3v) is 5.34. The first kappa shape index (κ1) is 14.8. The number of hydrogen-bond donors (Lipinski definition) is 1. The largest absolute Gasteiger partial charge is 0.342 e. The van der Waals surface area contributed by atoms with E-state index in [2.05, 4.69) is 13.8 Å². The molecule has 2 atom stereocenters. The summed E-state index contributed by atoms with van der Waals surface area (Å²) in [6, 6.07) is 0.526. The van der Waals surface area contributed by atoms with Crippen molar-refractivity contribution < 1.29 is 4.79 Å². The molecular weight excluding hydrogens is 236 g/mol. The second-order valence-electron chi connectivity index (χ2n) is 7.40. The Balaban J connectivity index is 1.92. The third kappa shape index (κ3) is 3.50. The van der Waals surface area contributed by atoms with Crippen LogP contribution in [0.15, 0.2) is 0 Å². The van der Waals surface area contributed by atoms with E-state index in [0.717, 1.165) is 32.1 Å². The minimum atomic E-state index is 0.0775. The van der Waals surface area contributed by atoms with Crippen molar-refractivity contribution in [3.8, 4) is 0 Å². The molecule has 0 radical (unpaired) electrons. The second-order valence-corrected chi connectivity index (χ2v) is 7.40. The molecule has 2 aliphatic carbocycles. The van der Waals surface area contributed by atoms with Gasteiger partial charge in [0.25, 0.3) is 0 Å². The summed E-state index contributed by atoms with van der Waals surface area (Å²) in [5, 5.41) is 0. The van der Waals surface area contributed by atoms with E-state index >= 15 is 0 Å². The van der Waals surface area contributed by atoms with Crippen molar-refractivity contribution in [1.29, 1.82) is 0 Å². The maximum Gasteiger partial charge on any atom is 0.227 e. The van der Waals surface area contributed by atoms with E-state index in [9.17, 15) is 4.79 Å². The molecule has 19 heavy (non-hydrogen) atoms. The van der Waals surface area contributed by atoms with Gasteiger partial charge in [-0.05, 0) is 43.9 Å². The minimum absolute atomic E-state index is 0.0775. The first-order valence-electron chi connectivity index (χ1n) is 7.93. The van der Waals surface area contributed by atoms with Gasteiger partial charge in [-0.2, -0.15) is 0 Å². The van der Waals surface area contributed by atoms with Gasteiger partial charge in [-0.3, -0.25) is 4.79 Å². The van der Waals surface area contributed by atoms with Gasteiger partial charge in [-0.15, -0.1) is 0 Å². The van der Waals surface area contributed by atoms with Crippen molar-refractivity contribution in [3.63, 3.8) is 0 Å². The van der Waals surface area contributed by atoms with Crippen LogP contribution in [-0.2, 0) is 4.79 Å². The van der Waals surface area contributed by atoms with Crippen LogP contribution in [0.2, 0.25) is 0 Å². The molecule has 3 nitrogen and oxygen atoms in total. The van der Waals surface area contributed by atoms with Gasteiger partial charge >= 0.3 is 0 Å². The van der Waals surface area contributed by atoms with Gasteiger partial charge in [-0.25, -0.2) is 0 Å². The van der Waals surface area contributed by atoms with E-state index in [4.69, 9.17) is 5.73 Å². The van der Waals surface area contributed by atoms with Gasteiger partial charge in [0.1, 0.15) is 0 Å². The van der Waals surface area contributed by atoms with Crippen LogP contribution in [0.25, 0.3) is 0 Å². The Morgan fingerprint density at radius 2 is 1.68 bits per heavy atom. The molecule has 1 amide bonds. The number of hydrogen-bond acceptors (Lipinski definition) is 2. The smallest absolute Gasteiger partial charge is 0.227 e. The van der Waals surface area contributed by atoms with E-state index in [1.807, 2.05) is 11.9 Å². The Morgan fingerprint density at radius 3 is 2.26 bits per heavy atom. The molecule has 3 heteroatoms. The molecule has 0 bridgehead atoms. The Bertz CT molecular complexity index is 317. The highest BCUT2D eigenvalue weighted by atomic mass is 16.2. The molecule has 2 unspecified atom stereocenters. The zero-order valence-electron chi connectivity index (χ0n) is 12.8. The lowest BCUT2D eigenvalue weighted by Crippen LogP contribution is -2.48. The summed E-state index contributed by atoms with van der Waals surface area (Å²) in [6.45, 7) is 4.67. The molecule has 2 fully saturated rings. The zero-order valence-corrected chi connectivity index (χ0v) is 12.8. The van der Waals surface area contributed by atoms with Gasteiger partial charge in [0.2, 0.25) is 5.91 Å². The fraction of sp³-hybridized carbons (Fsp3) is 0.938. The average Bonchev–Trinajstić information content (AvgIpc) is 2.38. The summed E-state index contributed by atoms with van der Waals surface area (Å²) in [6.07, 6.45) is 9.11. The molecular formula is C16H30N2O. The highest BCUT2D eigenvalue weighted by Crippen LogP contribution is 2.37. The van der Waals surface area contributed by atoms with Gasteiger partial charge in [-0.1, -0.05) is 26.7 Å². The predicted octanol–water partition coefficient (Wildman–Crippen LogP) is 2.93. The number of carbonyl (C=O) groups excluding carboxylic acids is 1. The molecule has 110 valence electrons. The molecule has 2 aliphatic rings. The van der Waals surface area contributed by atoms with Gasteiger partial charge in [0.05, 0.1) is 5.92 Å². The lowest BCUT2D eigenvalue weighted by Gasteiger charge is -2.40. The summed E-state index contributed by atoms with van der Waals surface area (Å²) < 4.78 is 0. The quantitative estimate of drug-likeness (QED) is 0.835. The van der Waals surface area contributed by atoms with Gasteiger partial charge in [0, 0.05) is 19.1 Å². The SMILES string of the molecule is CN(C(=O)C1CCCCC1N)C1CCC(C)(C)CC1. The average molecular weight is 266 g/mol. The van der Waals surface area contributed by atoms with E-state index in [1.165, 1.54) is 19.3 Å². The maximum absolute atomic E-state index is 12.6. The van der Waals surface area contributed by atoms with Crippen LogP contribution in [0.4, 0.5) is 0 Å². The van der Waals surface area contributed by atoms with Crippen molar-refractivity contribution in [2.75, 3.05) is 7.05 Å². The topological polar surface area (TPSA) is 46.3 Å². The standard InChI is InChI=1S/C16H30N2O/c1-16(2)10-8-12(9-11-16)18(3)15(19)13-6-4-5-7-14(13)17/h12-14H,4-11,17H2,1-3H3. The normalized spacial score (nSPS) is 32.0. The van der Waals surface area contributed by atoms with E-state index < -0.39 is 0 Å². The fourth-order valence-electron chi connectivity index (χ4n) is 3.68. The van der Waals surface area contributed by atoms with Crippen LogP contribution in [0.3, 0.4) is 0 Å². The summed E-state index contributed by atoms with van der Waals surface area (Å²) in [4.78, 5) is 14.6. The lowest BCUT2D eigenvalue weighted by atomic mass is 9.75. The second kappa shape index (κ2) is 5.82. The molecule has 0 aromatic carbocycles. The Morgan fingerprint density at radius 1 is 1.11 bits per heavy atom. The predicted molar refractivity (Wildman–Crippen MR) is 78.7 cm³/mol. The number of carbonyl (C=O) groups is 1. The van der Waals surface area contributed by atoms with Crippen molar-refractivity contribution in [2.24, 2.45) is 17.1 Å². The maximum atomic E-state index is 12.6. The summed E-state index contributed by atoms with van der Waals surface area (Å²) >= 11 is 0. The Hall–Kier alpha value is -0.570. The van der Waals surface area contributed by atoms with Crippen LogP contribution < -0.4 is 5.73 Å². The zero-order chi connectivity index (χ0) is 14.0. The summed E-state index contributed by atoms with van der Waals surface area (Å²) in [5.41, 5.74) is 6.60. The van der Waals surface area contributed by atoms with Crippen LogP contribution in [0.5, 0.6) is 0 Å². The minimum Gasteiger partial charge on any atom is -0.342 e. The number of nitrogens with two attached hydrogens (primary N) is 1. The summed E-state index contributed by atoms with van der Waals surface area (Å²) in [5.74, 6) is 0.380. The Kier molecular flexibility index (Phi) is 4.54. The van der Waals surface area contributed by atoms with Crippen LogP contribution >= 0.6 is 0 Å². The first-order chi connectivity index (χ1) is 8.91. The van der Waals surface area contributed by atoms with Crippen molar-refractivity contribution >= 4 is 5.91 Å². The molecule has 0 aromatic heterocycles. The molecule has 0 aromatic rings. The molecule has 2 saturated carbocycles. The monoisotopic (exact) mass is 266 g/mol. The lowest BCUT2D eigenvalue weighted by molar-refractivity contribution is -0.139. The van der Waals surface area contributed by atoms with Crippen molar-refractivity contribution in [3.05, 3.63) is 0 Å². The molecule has 2 N–H and O–H groups in total. The number of nitrogens with zero attached hydrogens (tertiary/aromatic N) is 1. The van der Waals surface area contributed by atoms with Gasteiger partial charge in [0.15, 0.2) is 0 Å². The molecule has 0 heterocycles. The third-order valence-electron chi connectivity index (χ3n) is 5.34. The highest BCUT2D eigenvalue weighted by molar-refractivity contribution is 5.79. The number of amides is 1. The van der Waals surface area contributed by atoms with Gasteiger partial charge < -0.3 is 10.6 Å². The summed E-state index contributed by atoms with van der Waals surface area (Å²) in [7, 11) is 1.99. The highest BCUT2D eigenvalue weighted by Gasteiger charge is 2.35. The van der Waals surface area contributed by atoms with Crippen molar-refractivity contribution in [2.45, 2.75) is 77.3 Å². The van der Waals surface area contributed by atoms with Crippen LogP contribution in [0.1, 0.15) is 65.2 Å². The van der Waals surface area contributed by atoms with E-state index in [1.54, 1.807) is 0 Å². The molecule has 0 spiro atoms. The first-order valence-corrected chi connectivity index (χ1v) is 7.93.